The summed E-state index contributed by atoms with van der Waals surface area (Å²) in [5, 5.41) is 18.8. The van der Waals surface area contributed by atoms with Gasteiger partial charge in [0.1, 0.15) is 4.21 Å². The number of carboxylic acid groups (broad SMARTS) is 2. The first-order chi connectivity index (χ1) is 9.79. The molecular formula is C12H9NO6S2. The Hall–Kier alpha value is -2.39. The van der Waals surface area contributed by atoms with Gasteiger partial charge < -0.3 is 10.2 Å². The summed E-state index contributed by atoms with van der Waals surface area (Å²) >= 11 is 0.767. The zero-order valence-corrected chi connectivity index (χ0v) is 11.9. The van der Waals surface area contributed by atoms with E-state index >= 15 is 0 Å². The third-order valence-corrected chi connectivity index (χ3v) is 5.27. The first-order valence-electron chi connectivity index (χ1n) is 5.47. The summed E-state index contributed by atoms with van der Waals surface area (Å²) in [7, 11) is -3.96. The number of thiophene rings is 1. The molecule has 0 unspecified atom stereocenters. The van der Waals surface area contributed by atoms with Crippen molar-refractivity contribution < 1.29 is 28.2 Å². The predicted molar refractivity (Wildman–Crippen MR) is 75.5 cm³/mol. The van der Waals surface area contributed by atoms with Crippen molar-refractivity contribution in [3.05, 3.63) is 46.8 Å². The number of hydrogen-bond acceptors (Lipinski definition) is 5. The third kappa shape index (κ3) is 3.38. The average molecular weight is 327 g/mol. The maximum Gasteiger partial charge on any atom is 0.336 e. The van der Waals surface area contributed by atoms with Crippen LogP contribution in [0.25, 0.3) is 0 Å². The lowest BCUT2D eigenvalue weighted by atomic mass is 10.2. The van der Waals surface area contributed by atoms with E-state index in [1.54, 1.807) is 0 Å². The second-order valence-electron chi connectivity index (χ2n) is 3.95. The van der Waals surface area contributed by atoms with E-state index in [1.807, 2.05) is 0 Å². The highest BCUT2D eigenvalue weighted by Gasteiger charge is 2.19. The monoisotopic (exact) mass is 327 g/mol. The Bertz CT molecular complexity index is 809. The smallest absolute Gasteiger partial charge is 0.336 e. The maximum absolute atomic E-state index is 12.1. The molecule has 0 saturated carbocycles. The number of rotatable bonds is 5. The van der Waals surface area contributed by atoms with E-state index < -0.39 is 22.0 Å². The van der Waals surface area contributed by atoms with Crippen LogP contribution in [0.4, 0.5) is 5.69 Å². The van der Waals surface area contributed by atoms with Gasteiger partial charge in [0, 0.05) is 11.1 Å². The summed E-state index contributed by atoms with van der Waals surface area (Å²) in [6.07, 6.45) is 0. The minimum absolute atomic E-state index is 0.0624. The molecule has 0 radical (unpaired) electrons. The van der Waals surface area contributed by atoms with Crippen LogP contribution in [0.15, 0.2) is 39.9 Å². The highest BCUT2D eigenvalue weighted by Crippen LogP contribution is 2.23. The highest BCUT2D eigenvalue weighted by atomic mass is 32.2. The van der Waals surface area contributed by atoms with Crippen molar-refractivity contribution in [3.8, 4) is 0 Å². The number of aromatic carboxylic acids is 2. The Morgan fingerprint density at radius 1 is 1.05 bits per heavy atom. The number of carbonyl (C=O) groups is 2. The first kappa shape index (κ1) is 15.0. The Kier molecular flexibility index (Phi) is 3.96. The molecule has 0 saturated heterocycles. The number of benzene rings is 1. The van der Waals surface area contributed by atoms with Crippen molar-refractivity contribution in [2.45, 2.75) is 4.21 Å². The van der Waals surface area contributed by atoms with E-state index in [1.165, 1.54) is 29.6 Å². The molecule has 0 aliphatic rings. The van der Waals surface area contributed by atoms with E-state index in [9.17, 15) is 18.0 Å². The van der Waals surface area contributed by atoms with Crippen LogP contribution in [-0.2, 0) is 10.0 Å². The van der Waals surface area contributed by atoms with Gasteiger partial charge >= 0.3 is 11.9 Å². The largest absolute Gasteiger partial charge is 0.478 e. The van der Waals surface area contributed by atoms with Gasteiger partial charge in [-0.3, -0.25) is 4.72 Å². The van der Waals surface area contributed by atoms with Crippen molar-refractivity contribution in [1.82, 2.24) is 0 Å². The molecule has 0 atom stereocenters. The fourth-order valence-electron chi connectivity index (χ4n) is 1.49. The number of carboxylic acids is 2. The van der Waals surface area contributed by atoms with Crippen LogP contribution in [0.5, 0.6) is 0 Å². The Morgan fingerprint density at radius 2 is 1.71 bits per heavy atom. The number of anilines is 1. The minimum Gasteiger partial charge on any atom is -0.478 e. The zero-order chi connectivity index (χ0) is 15.6. The number of sulfonamides is 1. The fourth-order valence-corrected chi connectivity index (χ4v) is 3.69. The quantitative estimate of drug-likeness (QED) is 0.772. The van der Waals surface area contributed by atoms with Crippen LogP contribution < -0.4 is 4.72 Å². The van der Waals surface area contributed by atoms with Gasteiger partial charge in [0.15, 0.2) is 0 Å². The van der Waals surface area contributed by atoms with E-state index in [-0.39, 0.29) is 21.0 Å². The molecule has 21 heavy (non-hydrogen) atoms. The number of nitrogens with one attached hydrogen (secondary N) is 1. The molecule has 110 valence electrons. The van der Waals surface area contributed by atoms with Crippen LogP contribution in [0.2, 0.25) is 0 Å². The van der Waals surface area contributed by atoms with E-state index in [4.69, 9.17) is 10.2 Å². The molecule has 2 rings (SSSR count). The first-order valence-corrected chi connectivity index (χ1v) is 7.84. The Balaban J connectivity index is 2.30. The Morgan fingerprint density at radius 3 is 2.29 bits per heavy atom. The van der Waals surface area contributed by atoms with Crippen molar-refractivity contribution >= 4 is 39.0 Å². The molecule has 3 N–H and O–H groups in total. The van der Waals surface area contributed by atoms with Gasteiger partial charge in [0.25, 0.3) is 10.0 Å². The number of hydrogen-bond donors (Lipinski definition) is 3. The second-order valence-corrected chi connectivity index (χ2v) is 6.77. The lowest BCUT2D eigenvalue weighted by molar-refractivity contribution is 0.0686. The molecule has 0 amide bonds. The molecule has 1 heterocycles. The molecule has 0 aliphatic carbocycles. The predicted octanol–water partition coefficient (Wildman–Crippen LogP) is 1.95. The molecule has 1 aromatic carbocycles. The molecule has 7 nitrogen and oxygen atoms in total. The van der Waals surface area contributed by atoms with Crippen LogP contribution in [0.1, 0.15) is 20.7 Å². The molecule has 0 bridgehead atoms. The summed E-state index contributed by atoms with van der Waals surface area (Å²) in [6, 6.07) is 6.34. The van der Waals surface area contributed by atoms with Crippen molar-refractivity contribution in [3.63, 3.8) is 0 Å². The second kappa shape index (κ2) is 5.54. The molecule has 0 aliphatic heterocycles. The summed E-state index contributed by atoms with van der Waals surface area (Å²) in [4.78, 5) is 21.6. The van der Waals surface area contributed by atoms with Crippen molar-refractivity contribution in [2.24, 2.45) is 0 Å². The lowest BCUT2D eigenvalue weighted by Crippen LogP contribution is -2.12. The molecule has 1 aromatic heterocycles. The van der Waals surface area contributed by atoms with E-state index in [2.05, 4.69) is 4.72 Å². The molecule has 2 aromatic rings. The summed E-state index contributed by atoms with van der Waals surface area (Å²) in [5.41, 5.74) is -0.104. The Labute approximate surface area is 123 Å². The lowest BCUT2D eigenvalue weighted by Gasteiger charge is -2.06. The van der Waals surface area contributed by atoms with Gasteiger partial charge in [0.05, 0.1) is 11.1 Å². The third-order valence-electron chi connectivity index (χ3n) is 2.45. The molecular weight excluding hydrogens is 318 g/mol. The van der Waals surface area contributed by atoms with Gasteiger partial charge in [-0.15, -0.1) is 11.3 Å². The van der Waals surface area contributed by atoms with Gasteiger partial charge in [-0.25, -0.2) is 18.0 Å². The van der Waals surface area contributed by atoms with Gasteiger partial charge in [-0.05, 0) is 24.3 Å². The highest BCUT2D eigenvalue weighted by molar-refractivity contribution is 7.94. The summed E-state index contributed by atoms with van der Waals surface area (Å²) in [6.45, 7) is 0. The van der Waals surface area contributed by atoms with E-state index in [0.29, 0.717) is 0 Å². The van der Waals surface area contributed by atoms with E-state index in [0.717, 1.165) is 17.4 Å². The minimum atomic E-state index is -3.96. The SMILES string of the molecule is O=C(O)c1cccc(NS(=O)(=O)c2cc(C(=O)O)cs2)c1. The van der Waals surface area contributed by atoms with Gasteiger partial charge in [-0.2, -0.15) is 0 Å². The topological polar surface area (TPSA) is 121 Å². The standard InChI is InChI=1S/C12H9NO6S2/c14-11(15)7-2-1-3-9(4-7)13-21(18,19)10-5-8(6-20-10)12(16)17/h1-6,13H,(H,14,15)(H,16,17). The van der Waals surface area contributed by atoms with Crippen molar-refractivity contribution in [2.75, 3.05) is 4.72 Å². The maximum atomic E-state index is 12.1. The van der Waals surface area contributed by atoms with Crippen LogP contribution >= 0.6 is 11.3 Å². The normalized spacial score (nSPS) is 11.0. The summed E-state index contributed by atoms with van der Waals surface area (Å²) < 4.78 is 26.2. The summed E-state index contributed by atoms with van der Waals surface area (Å²) in [5.74, 6) is -2.40. The molecule has 0 spiro atoms. The average Bonchev–Trinajstić information content (AvgIpc) is 2.89. The van der Waals surface area contributed by atoms with Crippen LogP contribution in [-0.4, -0.2) is 30.6 Å². The zero-order valence-electron chi connectivity index (χ0n) is 10.3. The molecule has 9 heteroatoms. The fraction of sp³-hybridized carbons (Fsp3) is 0. The van der Waals surface area contributed by atoms with Crippen LogP contribution in [0.3, 0.4) is 0 Å². The van der Waals surface area contributed by atoms with Crippen LogP contribution in [0, 0.1) is 0 Å². The van der Waals surface area contributed by atoms with Crippen molar-refractivity contribution in [1.29, 1.82) is 0 Å². The van der Waals surface area contributed by atoms with Gasteiger partial charge in [0.2, 0.25) is 0 Å². The van der Waals surface area contributed by atoms with Gasteiger partial charge in [-0.1, -0.05) is 6.07 Å². The molecule has 0 fully saturated rings.